The molecule has 30 heavy (non-hydrogen) atoms. The van der Waals surface area contributed by atoms with E-state index in [-0.39, 0.29) is 23.7 Å². The smallest absolute Gasteiger partial charge is 0.228 e. The van der Waals surface area contributed by atoms with Gasteiger partial charge in [-0.1, -0.05) is 42.8 Å². The van der Waals surface area contributed by atoms with Crippen LogP contribution in [0.4, 0.5) is 0 Å². The minimum absolute atomic E-state index is 0.111. The SMILES string of the molecule is C=CCN1CCN(C(=O)C2CCC2)C[C@H](Cc2ccccc2-c2cccnc2)C1=O. The van der Waals surface area contributed by atoms with Crippen molar-refractivity contribution in [3.8, 4) is 11.1 Å². The molecule has 0 bridgehead atoms. The number of pyridine rings is 1. The van der Waals surface area contributed by atoms with Gasteiger partial charge >= 0.3 is 0 Å². The maximum atomic E-state index is 13.3. The van der Waals surface area contributed by atoms with Gasteiger partial charge in [-0.15, -0.1) is 6.58 Å². The second-order valence-corrected chi connectivity index (χ2v) is 8.28. The molecule has 1 atom stereocenters. The highest BCUT2D eigenvalue weighted by Crippen LogP contribution is 2.30. The molecule has 1 aliphatic carbocycles. The van der Waals surface area contributed by atoms with Crippen molar-refractivity contribution in [1.29, 1.82) is 0 Å². The lowest BCUT2D eigenvalue weighted by atomic mass is 9.84. The van der Waals surface area contributed by atoms with Gasteiger partial charge in [-0.05, 0) is 36.5 Å². The Morgan fingerprint density at radius 1 is 1.17 bits per heavy atom. The molecule has 1 saturated heterocycles. The fourth-order valence-corrected chi connectivity index (χ4v) is 4.42. The molecule has 2 aliphatic rings. The van der Waals surface area contributed by atoms with E-state index in [1.807, 2.05) is 40.3 Å². The average Bonchev–Trinajstić information content (AvgIpc) is 2.88. The van der Waals surface area contributed by atoms with Crippen LogP contribution in [0.3, 0.4) is 0 Å². The molecular formula is C25H29N3O2. The Bertz CT molecular complexity index is 908. The number of benzene rings is 1. The van der Waals surface area contributed by atoms with Crippen LogP contribution >= 0.6 is 0 Å². The highest BCUT2D eigenvalue weighted by Gasteiger charge is 2.36. The molecule has 5 nitrogen and oxygen atoms in total. The van der Waals surface area contributed by atoms with Crippen LogP contribution in [-0.4, -0.2) is 52.8 Å². The summed E-state index contributed by atoms with van der Waals surface area (Å²) < 4.78 is 0. The third kappa shape index (κ3) is 4.30. The first-order chi connectivity index (χ1) is 14.7. The molecule has 5 heteroatoms. The van der Waals surface area contributed by atoms with Crippen molar-refractivity contribution in [2.45, 2.75) is 25.7 Å². The maximum Gasteiger partial charge on any atom is 0.228 e. The summed E-state index contributed by atoms with van der Waals surface area (Å²) in [6.45, 7) is 5.99. The lowest BCUT2D eigenvalue weighted by Crippen LogP contribution is -2.42. The summed E-state index contributed by atoms with van der Waals surface area (Å²) in [6, 6.07) is 12.1. The molecular weight excluding hydrogens is 374 g/mol. The summed E-state index contributed by atoms with van der Waals surface area (Å²) in [4.78, 5) is 34.3. The van der Waals surface area contributed by atoms with Gasteiger partial charge in [0.25, 0.3) is 0 Å². The van der Waals surface area contributed by atoms with Gasteiger partial charge in [-0.3, -0.25) is 14.6 Å². The van der Waals surface area contributed by atoms with Gasteiger partial charge in [-0.25, -0.2) is 0 Å². The topological polar surface area (TPSA) is 53.5 Å². The molecule has 2 heterocycles. The van der Waals surface area contributed by atoms with Crippen molar-refractivity contribution in [2.75, 3.05) is 26.2 Å². The fraction of sp³-hybridized carbons (Fsp3) is 0.400. The van der Waals surface area contributed by atoms with E-state index in [9.17, 15) is 9.59 Å². The fourth-order valence-electron chi connectivity index (χ4n) is 4.42. The number of amides is 2. The van der Waals surface area contributed by atoms with Crippen molar-refractivity contribution in [2.24, 2.45) is 11.8 Å². The molecule has 1 saturated carbocycles. The van der Waals surface area contributed by atoms with E-state index in [0.29, 0.717) is 32.6 Å². The van der Waals surface area contributed by atoms with Crippen LogP contribution < -0.4 is 0 Å². The Hall–Kier alpha value is -2.95. The monoisotopic (exact) mass is 403 g/mol. The van der Waals surface area contributed by atoms with Crippen molar-refractivity contribution in [3.05, 3.63) is 67.0 Å². The Morgan fingerprint density at radius 3 is 2.70 bits per heavy atom. The van der Waals surface area contributed by atoms with E-state index < -0.39 is 0 Å². The van der Waals surface area contributed by atoms with Gasteiger partial charge in [0, 0.05) is 50.1 Å². The van der Waals surface area contributed by atoms with Crippen LogP contribution in [0, 0.1) is 11.8 Å². The molecule has 1 aromatic carbocycles. The van der Waals surface area contributed by atoms with Gasteiger partial charge in [0.1, 0.15) is 0 Å². The van der Waals surface area contributed by atoms with Crippen LogP contribution in [0.25, 0.3) is 11.1 Å². The normalized spacial score (nSPS) is 19.9. The summed E-state index contributed by atoms with van der Waals surface area (Å²) in [7, 11) is 0. The zero-order chi connectivity index (χ0) is 20.9. The number of hydrogen-bond acceptors (Lipinski definition) is 3. The number of carbonyl (C=O) groups excluding carboxylic acids is 2. The van der Waals surface area contributed by atoms with Crippen LogP contribution in [-0.2, 0) is 16.0 Å². The second kappa shape index (κ2) is 9.24. The third-order valence-electron chi connectivity index (χ3n) is 6.31. The van der Waals surface area contributed by atoms with Crippen LogP contribution in [0.1, 0.15) is 24.8 Å². The minimum Gasteiger partial charge on any atom is -0.340 e. The lowest BCUT2D eigenvalue weighted by Gasteiger charge is -2.32. The standard InChI is InChI=1S/C25H29N3O2/c1-2-13-27-14-15-28(24(29)19-8-5-9-19)18-22(25(27)30)16-20-7-3-4-11-23(20)21-10-6-12-26-17-21/h2-4,6-7,10-12,17,19,22H,1,5,8-9,13-16,18H2/t22-/m0/s1. The average molecular weight is 404 g/mol. The molecule has 0 spiro atoms. The summed E-state index contributed by atoms with van der Waals surface area (Å²) in [6.07, 6.45) is 9.08. The molecule has 4 rings (SSSR count). The summed E-state index contributed by atoms with van der Waals surface area (Å²) in [5.41, 5.74) is 3.25. The molecule has 1 aliphatic heterocycles. The number of nitrogens with zero attached hydrogens (tertiary/aromatic N) is 3. The van der Waals surface area contributed by atoms with E-state index in [1.165, 1.54) is 0 Å². The largest absolute Gasteiger partial charge is 0.340 e. The molecule has 2 aromatic rings. The first kappa shape index (κ1) is 20.3. The summed E-state index contributed by atoms with van der Waals surface area (Å²) >= 11 is 0. The summed E-state index contributed by atoms with van der Waals surface area (Å²) in [5, 5.41) is 0. The van der Waals surface area contributed by atoms with Crippen LogP contribution in [0.2, 0.25) is 0 Å². The van der Waals surface area contributed by atoms with E-state index in [4.69, 9.17) is 0 Å². The number of aromatic nitrogens is 1. The van der Waals surface area contributed by atoms with Gasteiger partial charge in [0.2, 0.25) is 11.8 Å². The number of carbonyl (C=O) groups is 2. The van der Waals surface area contributed by atoms with E-state index in [1.54, 1.807) is 12.3 Å². The van der Waals surface area contributed by atoms with Crippen LogP contribution in [0.15, 0.2) is 61.4 Å². The van der Waals surface area contributed by atoms with Gasteiger partial charge in [0.05, 0.1) is 5.92 Å². The van der Waals surface area contributed by atoms with Gasteiger partial charge in [0.15, 0.2) is 0 Å². The maximum absolute atomic E-state index is 13.3. The highest BCUT2D eigenvalue weighted by molar-refractivity contribution is 5.84. The Morgan fingerprint density at radius 2 is 2.00 bits per heavy atom. The Labute approximate surface area is 178 Å². The molecule has 1 aromatic heterocycles. The molecule has 156 valence electrons. The predicted octanol–water partition coefficient (Wildman–Crippen LogP) is 3.56. The zero-order valence-electron chi connectivity index (χ0n) is 17.4. The minimum atomic E-state index is -0.255. The van der Waals surface area contributed by atoms with Crippen molar-refractivity contribution in [3.63, 3.8) is 0 Å². The molecule has 2 fully saturated rings. The predicted molar refractivity (Wildman–Crippen MR) is 118 cm³/mol. The number of hydrogen-bond donors (Lipinski definition) is 0. The van der Waals surface area contributed by atoms with E-state index >= 15 is 0 Å². The molecule has 2 amide bonds. The van der Waals surface area contributed by atoms with Crippen molar-refractivity contribution < 1.29 is 9.59 Å². The summed E-state index contributed by atoms with van der Waals surface area (Å²) in [5.74, 6) is 0.225. The first-order valence-electron chi connectivity index (χ1n) is 10.8. The molecule has 0 unspecified atom stereocenters. The molecule has 0 N–H and O–H groups in total. The van der Waals surface area contributed by atoms with Crippen molar-refractivity contribution in [1.82, 2.24) is 14.8 Å². The van der Waals surface area contributed by atoms with Crippen molar-refractivity contribution >= 4 is 11.8 Å². The van der Waals surface area contributed by atoms with E-state index in [0.717, 1.165) is 36.0 Å². The van der Waals surface area contributed by atoms with Gasteiger partial charge < -0.3 is 9.80 Å². The van der Waals surface area contributed by atoms with Gasteiger partial charge in [-0.2, -0.15) is 0 Å². The highest BCUT2D eigenvalue weighted by atomic mass is 16.2. The quantitative estimate of drug-likeness (QED) is 0.693. The molecule has 0 radical (unpaired) electrons. The zero-order valence-corrected chi connectivity index (χ0v) is 17.4. The third-order valence-corrected chi connectivity index (χ3v) is 6.31. The Balaban J connectivity index is 1.61. The number of rotatable bonds is 6. The first-order valence-corrected chi connectivity index (χ1v) is 10.8. The lowest BCUT2D eigenvalue weighted by molar-refractivity contribution is -0.138. The second-order valence-electron chi connectivity index (χ2n) is 8.28. The Kier molecular flexibility index (Phi) is 6.26. The van der Waals surface area contributed by atoms with E-state index in [2.05, 4.69) is 23.7 Å². The van der Waals surface area contributed by atoms with Crippen LogP contribution in [0.5, 0.6) is 0 Å².